The molecule has 0 bridgehead atoms. The number of amides is 1. The molecule has 0 heterocycles. The van der Waals surface area contributed by atoms with Gasteiger partial charge in [-0.15, -0.1) is 0 Å². The molecule has 0 radical (unpaired) electrons. The first-order valence-corrected chi connectivity index (χ1v) is 0.966. The van der Waals surface area contributed by atoms with Crippen molar-refractivity contribution in [2.24, 2.45) is 5.84 Å². The number of rotatable bonds is 0. The first kappa shape index (κ1) is 9.52. The summed E-state index contributed by atoms with van der Waals surface area (Å²) in [6, 6.07) is 0. The van der Waals surface area contributed by atoms with Crippen LogP contribution < -0.4 is 40.8 Å². The molecule has 0 spiro atoms. The quantitative estimate of drug-likeness (QED) is 0.127. The molecule has 4 N–H and O–H groups in total. The minimum atomic E-state index is -1.22. The Morgan fingerprint density at radius 3 is 2.17 bits per heavy atom. The van der Waals surface area contributed by atoms with E-state index < -0.39 is 6.09 Å². The Bertz CT molecular complexity index is 51.0. The Labute approximate surface area is 58.5 Å². The van der Waals surface area contributed by atoms with Gasteiger partial charge in [0.05, 0.1) is 0 Å². The minimum absolute atomic E-state index is 0. The van der Waals surface area contributed by atoms with Gasteiger partial charge in [-0.1, -0.05) is 0 Å². The number of hydrogen-bond acceptors (Lipinski definition) is 2. The molecule has 0 saturated carbocycles. The fraction of sp³-hybridized carbons (Fsp3) is 0. The normalized spacial score (nSPS) is 5.50. The summed E-state index contributed by atoms with van der Waals surface area (Å²) >= 11 is 0. The van der Waals surface area contributed by atoms with Crippen molar-refractivity contribution in [3.63, 3.8) is 0 Å². The van der Waals surface area contributed by atoms with Gasteiger partial charge in [0.1, 0.15) is 0 Å². The number of nitrogens with one attached hydrogen (secondary N) is 1. The number of hydrazine groups is 1. The van der Waals surface area contributed by atoms with Crippen LogP contribution in [0.5, 0.6) is 0 Å². The summed E-state index contributed by atoms with van der Waals surface area (Å²) in [7, 11) is 0. The number of carbonyl (C=O) groups is 1. The van der Waals surface area contributed by atoms with Gasteiger partial charge in [0, 0.05) is 0 Å². The molecule has 0 aliphatic carbocycles. The van der Waals surface area contributed by atoms with E-state index >= 15 is 0 Å². The van der Waals surface area contributed by atoms with Crippen LogP contribution in [0.1, 0.15) is 1.43 Å². The molecule has 5 heteroatoms. The van der Waals surface area contributed by atoms with Crippen molar-refractivity contribution in [2.45, 2.75) is 0 Å². The topological polar surface area (TPSA) is 75.3 Å². The predicted octanol–water partition coefficient (Wildman–Crippen LogP) is -3.76. The summed E-state index contributed by atoms with van der Waals surface area (Å²) in [5.74, 6) is 4.32. The number of hydrogen-bond donors (Lipinski definition) is 3. The summed E-state index contributed by atoms with van der Waals surface area (Å²) < 4.78 is 0. The average molecular weight is 100 g/mol. The third-order valence-corrected chi connectivity index (χ3v) is 0.123. The van der Waals surface area contributed by atoms with Gasteiger partial charge in [0.15, 0.2) is 0 Å². The Morgan fingerprint density at radius 2 is 2.17 bits per heavy atom. The zero-order valence-electron chi connectivity index (χ0n) is 4.43. The predicted molar refractivity (Wildman–Crippen MR) is 16.5 cm³/mol. The zero-order chi connectivity index (χ0) is 4.28. The van der Waals surface area contributed by atoms with E-state index in [4.69, 9.17) is 9.90 Å². The molecular weight excluding hydrogens is 95.0 g/mol. The molecule has 0 fully saturated rings. The van der Waals surface area contributed by atoms with Gasteiger partial charge in [-0.05, 0) is 0 Å². The fourth-order valence-corrected chi connectivity index (χ4v) is 0. The maximum Gasteiger partial charge on any atom is 1.00 e. The summed E-state index contributed by atoms with van der Waals surface area (Å²) in [6.07, 6.45) is -1.22. The van der Waals surface area contributed by atoms with Crippen molar-refractivity contribution in [3.8, 4) is 0 Å². The van der Waals surface area contributed by atoms with E-state index in [0.29, 0.717) is 0 Å². The third kappa shape index (κ3) is 8.87. The maximum absolute atomic E-state index is 9.13. The van der Waals surface area contributed by atoms with Gasteiger partial charge in [-0.25, -0.2) is 10.6 Å². The Kier molecular flexibility index (Phi) is 8.30. The van der Waals surface area contributed by atoms with E-state index in [9.17, 15) is 0 Å². The van der Waals surface area contributed by atoms with Crippen LogP contribution in [0.25, 0.3) is 0 Å². The fourth-order valence-electron chi connectivity index (χ4n) is 0. The average Bonchev–Trinajstić information content (AvgIpc) is 1.38. The molecule has 0 aliphatic rings. The van der Waals surface area contributed by atoms with Crippen LogP contribution >= 0.6 is 0 Å². The van der Waals surface area contributed by atoms with Crippen LogP contribution in [0.3, 0.4) is 0 Å². The summed E-state index contributed by atoms with van der Waals surface area (Å²) in [6.45, 7) is 0. The molecule has 1 amide bonds. The van der Waals surface area contributed by atoms with Crippen LogP contribution in [0, 0.1) is 0 Å². The van der Waals surface area contributed by atoms with Crippen molar-refractivity contribution >= 4 is 6.09 Å². The van der Waals surface area contributed by atoms with Crippen molar-refractivity contribution in [1.29, 1.82) is 0 Å². The zero-order valence-corrected chi connectivity index (χ0v) is 5.43. The van der Waals surface area contributed by atoms with E-state index in [0.717, 1.165) is 0 Å². The molecule has 0 atom stereocenters. The van der Waals surface area contributed by atoms with E-state index in [2.05, 4.69) is 5.84 Å². The SMILES string of the molecule is NNC(=O)O.[H-].[Na+]. The molecule has 32 valence electrons. The molecule has 0 unspecified atom stereocenters. The number of nitrogens with two attached hydrogens (primary N) is 1. The Morgan fingerprint density at radius 1 is 2.00 bits per heavy atom. The molecule has 0 saturated heterocycles. The second kappa shape index (κ2) is 5.23. The van der Waals surface area contributed by atoms with Crippen molar-refractivity contribution in [3.05, 3.63) is 0 Å². The molecule has 6 heavy (non-hydrogen) atoms. The molecular formula is CH5N2NaO2. The van der Waals surface area contributed by atoms with Gasteiger partial charge in [0.25, 0.3) is 0 Å². The van der Waals surface area contributed by atoms with Crippen LogP contribution in [0.2, 0.25) is 0 Å². The first-order valence-electron chi connectivity index (χ1n) is 0.966. The monoisotopic (exact) mass is 100 g/mol. The summed E-state index contributed by atoms with van der Waals surface area (Å²) in [5.41, 5.74) is 1.44. The second-order valence-corrected chi connectivity index (χ2v) is 0.449. The van der Waals surface area contributed by atoms with Crippen LogP contribution in [0.15, 0.2) is 0 Å². The number of carboxylic acid groups (broad SMARTS) is 1. The molecule has 0 aromatic heterocycles. The standard InChI is InChI=1S/CH4N2O2.Na.H/c2-3-1(4)5;;/h3H,2H2,(H,4,5);;/q;+1;-1. The molecule has 0 aliphatic heterocycles. The van der Waals surface area contributed by atoms with E-state index in [1.54, 1.807) is 0 Å². The molecule has 0 rings (SSSR count). The van der Waals surface area contributed by atoms with Gasteiger partial charge in [-0.3, -0.25) is 5.43 Å². The van der Waals surface area contributed by atoms with Crippen LogP contribution in [-0.4, -0.2) is 11.2 Å². The largest absolute Gasteiger partial charge is 1.00 e. The van der Waals surface area contributed by atoms with E-state index in [1.165, 1.54) is 5.43 Å². The molecule has 4 nitrogen and oxygen atoms in total. The van der Waals surface area contributed by atoms with Gasteiger partial charge >= 0.3 is 35.7 Å². The Balaban J connectivity index is -0.0000000800. The van der Waals surface area contributed by atoms with Crippen LogP contribution in [0.4, 0.5) is 4.79 Å². The van der Waals surface area contributed by atoms with Crippen molar-refractivity contribution in [1.82, 2.24) is 5.43 Å². The third-order valence-electron chi connectivity index (χ3n) is 0.123. The summed E-state index contributed by atoms with van der Waals surface area (Å²) in [4.78, 5) is 9.13. The van der Waals surface area contributed by atoms with Gasteiger partial charge < -0.3 is 6.53 Å². The smallest absolute Gasteiger partial charge is 1.00 e. The maximum atomic E-state index is 9.13. The molecule has 0 aromatic carbocycles. The van der Waals surface area contributed by atoms with E-state index in [1.807, 2.05) is 0 Å². The Hall–Kier alpha value is 0.230. The molecule has 0 aromatic rings. The second-order valence-electron chi connectivity index (χ2n) is 0.449. The van der Waals surface area contributed by atoms with Crippen molar-refractivity contribution in [2.75, 3.05) is 0 Å². The van der Waals surface area contributed by atoms with Gasteiger partial charge in [-0.2, -0.15) is 0 Å². The van der Waals surface area contributed by atoms with Crippen molar-refractivity contribution < 1.29 is 40.9 Å². The van der Waals surface area contributed by atoms with E-state index in [-0.39, 0.29) is 31.0 Å². The van der Waals surface area contributed by atoms with Crippen LogP contribution in [-0.2, 0) is 0 Å². The minimum Gasteiger partial charge on any atom is -1.00 e. The van der Waals surface area contributed by atoms with Gasteiger partial charge in [0.2, 0.25) is 0 Å². The first-order chi connectivity index (χ1) is 2.27. The summed E-state index contributed by atoms with van der Waals surface area (Å²) in [5, 5.41) is 7.49.